The third-order valence-electron chi connectivity index (χ3n) is 4.68. The number of fused-ring (bicyclic) bond motifs is 1. The molecule has 0 bridgehead atoms. The van der Waals surface area contributed by atoms with Gasteiger partial charge in [-0.1, -0.05) is 30.3 Å². The summed E-state index contributed by atoms with van der Waals surface area (Å²) in [7, 11) is 0. The Kier molecular flexibility index (Phi) is 9.44. The highest BCUT2D eigenvalue weighted by molar-refractivity contribution is 14.0. The van der Waals surface area contributed by atoms with Crippen molar-refractivity contribution >= 4 is 46.7 Å². The fourth-order valence-electron chi connectivity index (χ4n) is 3.16. The summed E-state index contributed by atoms with van der Waals surface area (Å²) in [5.74, 6) is 1.69. The zero-order valence-corrected chi connectivity index (χ0v) is 19.8. The van der Waals surface area contributed by atoms with Gasteiger partial charge in [-0.2, -0.15) is 0 Å². The van der Waals surface area contributed by atoms with E-state index in [1.54, 1.807) is 18.2 Å². The van der Waals surface area contributed by atoms with E-state index in [-0.39, 0.29) is 29.7 Å². The quantitative estimate of drug-likeness (QED) is 0.0817. The number of aromatic nitrogens is 2. The van der Waals surface area contributed by atoms with E-state index in [2.05, 4.69) is 37.8 Å². The second-order valence-electron chi connectivity index (χ2n) is 6.84. The molecule has 2 N–H and O–H groups in total. The van der Waals surface area contributed by atoms with Gasteiger partial charge in [0.2, 0.25) is 0 Å². The number of para-hydroxylation sites is 2. The number of nitro benzene ring substituents is 1. The molecule has 8 nitrogen and oxygen atoms in total. The molecule has 2 aromatic carbocycles. The molecule has 0 amide bonds. The molecule has 0 aliphatic rings. The monoisotopic (exact) mass is 534 g/mol. The van der Waals surface area contributed by atoms with Crippen LogP contribution in [0.3, 0.4) is 0 Å². The van der Waals surface area contributed by atoms with Gasteiger partial charge in [0.25, 0.3) is 5.69 Å². The highest BCUT2D eigenvalue weighted by atomic mass is 127. The average molecular weight is 534 g/mol. The van der Waals surface area contributed by atoms with Crippen molar-refractivity contribution in [2.45, 2.75) is 26.4 Å². The van der Waals surface area contributed by atoms with Crippen molar-refractivity contribution in [1.82, 2.24) is 20.2 Å². The van der Waals surface area contributed by atoms with Gasteiger partial charge in [-0.25, -0.2) is 9.98 Å². The highest BCUT2D eigenvalue weighted by Gasteiger charge is 2.07. The average Bonchev–Trinajstić information content (AvgIpc) is 3.07. The Morgan fingerprint density at radius 1 is 1.23 bits per heavy atom. The minimum absolute atomic E-state index is 0. The summed E-state index contributed by atoms with van der Waals surface area (Å²) in [6.45, 7) is 8.37. The normalized spacial score (nSPS) is 11.1. The zero-order chi connectivity index (χ0) is 21.3. The van der Waals surface area contributed by atoms with Crippen LogP contribution in [-0.2, 0) is 13.1 Å². The van der Waals surface area contributed by atoms with Crippen molar-refractivity contribution < 1.29 is 4.92 Å². The molecule has 0 aliphatic heterocycles. The molecule has 164 valence electrons. The van der Waals surface area contributed by atoms with Crippen molar-refractivity contribution in [3.05, 3.63) is 82.7 Å². The second kappa shape index (κ2) is 12.0. The summed E-state index contributed by atoms with van der Waals surface area (Å²) in [5, 5.41) is 17.3. The van der Waals surface area contributed by atoms with Gasteiger partial charge in [0.05, 0.1) is 22.5 Å². The van der Waals surface area contributed by atoms with Crippen molar-refractivity contribution in [2.75, 3.05) is 13.1 Å². The van der Waals surface area contributed by atoms with Gasteiger partial charge in [0, 0.05) is 31.8 Å². The Morgan fingerprint density at radius 2 is 1.97 bits per heavy atom. The van der Waals surface area contributed by atoms with Crippen LogP contribution in [0, 0.1) is 17.0 Å². The number of imidazole rings is 1. The van der Waals surface area contributed by atoms with E-state index >= 15 is 0 Å². The maximum absolute atomic E-state index is 10.8. The summed E-state index contributed by atoms with van der Waals surface area (Å²) in [6, 6.07) is 14.6. The van der Waals surface area contributed by atoms with Gasteiger partial charge >= 0.3 is 0 Å². The maximum Gasteiger partial charge on any atom is 0.269 e. The molecule has 0 spiro atoms. The number of non-ortho nitro benzene ring substituents is 1. The van der Waals surface area contributed by atoms with Crippen LogP contribution in [0.4, 0.5) is 5.69 Å². The molecule has 1 heterocycles. The van der Waals surface area contributed by atoms with Crippen LogP contribution in [0.1, 0.15) is 17.8 Å². The zero-order valence-electron chi connectivity index (χ0n) is 17.5. The van der Waals surface area contributed by atoms with Crippen molar-refractivity contribution in [2.24, 2.45) is 4.99 Å². The Labute approximate surface area is 198 Å². The van der Waals surface area contributed by atoms with E-state index in [4.69, 9.17) is 0 Å². The largest absolute Gasteiger partial charge is 0.356 e. The first kappa shape index (κ1) is 24.3. The number of hydrogen-bond donors (Lipinski definition) is 2. The maximum atomic E-state index is 10.8. The lowest BCUT2D eigenvalue weighted by atomic mass is 10.2. The van der Waals surface area contributed by atoms with Gasteiger partial charge in [-0.3, -0.25) is 10.1 Å². The van der Waals surface area contributed by atoms with Crippen molar-refractivity contribution in [3.63, 3.8) is 0 Å². The fourth-order valence-corrected chi connectivity index (χ4v) is 3.16. The van der Waals surface area contributed by atoms with E-state index in [1.807, 2.05) is 25.1 Å². The van der Waals surface area contributed by atoms with Gasteiger partial charge in [-0.05, 0) is 31.0 Å². The lowest BCUT2D eigenvalue weighted by Gasteiger charge is -2.12. The summed E-state index contributed by atoms with van der Waals surface area (Å²) in [5.41, 5.74) is 3.14. The number of hydrogen-bond acceptors (Lipinski definition) is 4. The van der Waals surface area contributed by atoms with Crippen molar-refractivity contribution in [1.29, 1.82) is 0 Å². The number of guanidine groups is 1. The van der Waals surface area contributed by atoms with Crippen LogP contribution in [0.5, 0.6) is 0 Å². The number of benzene rings is 2. The molecule has 0 fully saturated rings. The van der Waals surface area contributed by atoms with Crippen LogP contribution in [0.2, 0.25) is 0 Å². The van der Waals surface area contributed by atoms with Gasteiger partial charge in [-0.15, -0.1) is 30.6 Å². The molecule has 0 saturated carbocycles. The number of aryl methyl sites for hydroxylation is 2. The smallest absolute Gasteiger partial charge is 0.269 e. The topological polar surface area (TPSA) is 97.4 Å². The van der Waals surface area contributed by atoms with E-state index < -0.39 is 4.92 Å². The molecule has 3 aromatic rings. The molecular weight excluding hydrogens is 507 g/mol. The highest BCUT2D eigenvalue weighted by Crippen LogP contribution is 2.15. The Morgan fingerprint density at radius 3 is 2.68 bits per heavy atom. The molecular formula is C22H27IN6O2. The van der Waals surface area contributed by atoms with E-state index in [0.717, 1.165) is 41.9 Å². The fraction of sp³-hybridized carbons (Fsp3) is 0.273. The number of nitro groups is 1. The Hall–Kier alpha value is -2.95. The van der Waals surface area contributed by atoms with Crippen LogP contribution in [0.25, 0.3) is 11.0 Å². The summed E-state index contributed by atoms with van der Waals surface area (Å²) in [4.78, 5) is 19.5. The van der Waals surface area contributed by atoms with Crippen LogP contribution < -0.4 is 10.6 Å². The first-order chi connectivity index (χ1) is 14.6. The number of halogens is 1. The van der Waals surface area contributed by atoms with Gasteiger partial charge in [0.15, 0.2) is 5.96 Å². The Bertz CT molecular complexity index is 1050. The molecule has 1 aromatic heterocycles. The summed E-state index contributed by atoms with van der Waals surface area (Å²) in [6.07, 6.45) is 2.68. The lowest BCUT2D eigenvalue weighted by molar-refractivity contribution is -0.384. The SMILES string of the molecule is C=CCNC(=NCc1ccc([N+](=O)[O-])cc1)NCCCn1c(C)nc2ccccc21.I. The number of nitrogens with one attached hydrogen (secondary N) is 2. The molecule has 9 heteroatoms. The first-order valence-corrected chi connectivity index (χ1v) is 9.87. The number of nitrogens with zero attached hydrogens (tertiary/aromatic N) is 4. The van der Waals surface area contributed by atoms with Crippen LogP contribution in [-0.4, -0.2) is 33.5 Å². The second-order valence-corrected chi connectivity index (χ2v) is 6.84. The van der Waals surface area contributed by atoms with Crippen LogP contribution in [0.15, 0.2) is 66.2 Å². The molecule has 0 unspecified atom stereocenters. The summed E-state index contributed by atoms with van der Waals surface area (Å²) >= 11 is 0. The molecule has 0 saturated heterocycles. The lowest BCUT2D eigenvalue weighted by Crippen LogP contribution is -2.38. The molecule has 0 radical (unpaired) electrons. The van der Waals surface area contributed by atoms with E-state index in [1.165, 1.54) is 12.1 Å². The molecule has 31 heavy (non-hydrogen) atoms. The minimum Gasteiger partial charge on any atom is -0.356 e. The molecule has 3 rings (SSSR count). The van der Waals surface area contributed by atoms with E-state index in [0.29, 0.717) is 19.0 Å². The number of aliphatic imine (C=N–C) groups is 1. The number of rotatable bonds is 9. The van der Waals surface area contributed by atoms with Gasteiger partial charge in [0.1, 0.15) is 5.82 Å². The van der Waals surface area contributed by atoms with E-state index in [9.17, 15) is 10.1 Å². The molecule has 0 atom stereocenters. The predicted octanol–water partition coefficient (Wildman–Crippen LogP) is 4.18. The third-order valence-corrected chi connectivity index (χ3v) is 4.68. The minimum atomic E-state index is -0.406. The third kappa shape index (κ3) is 6.78. The Balaban J connectivity index is 0.00000341. The van der Waals surface area contributed by atoms with Crippen LogP contribution >= 0.6 is 24.0 Å². The van der Waals surface area contributed by atoms with Crippen molar-refractivity contribution in [3.8, 4) is 0 Å². The standard InChI is InChI=1S/C22H26N6O2.HI/c1-3-13-23-22(25-16-18-9-11-19(12-10-18)28(29)30)24-14-6-15-27-17(2)26-20-7-4-5-8-21(20)27;/h3-5,7-12H,1,6,13-16H2,2H3,(H2,23,24,25);1H. The summed E-state index contributed by atoms with van der Waals surface area (Å²) < 4.78 is 2.22. The molecule has 0 aliphatic carbocycles. The first-order valence-electron chi connectivity index (χ1n) is 9.87. The van der Waals surface area contributed by atoms with Gasteiger partial charge < -0.3 is 15.2 Å². The predicted molar refractivity (Wildman–Crippen MR) is 135 cm³/mol.